The minimum atomic E-state index is -0.0463. The molecule has 0 spiro atoms. The van der Waals surface area contributed by atoms with Gasteiger partial charge in [-0.3, -0.25) is 33.6 Å². The van der Waals surface area contributed by atoms with E-state index in [1.165, 1.54) is 152 Å². The number of carbonyl (C=O) groups is 7. The molecule has 21 aliphatic rings. The summed E-state index contributed by atoms with van der Waals surface area (Å²) in [4.78, 5) is 75.0. The van der Waals surface area contributed by atoms with Gasteiger partial charge in [-0.25, -0.2) is 0 Å². The second-order valence-electron chi connectivity index (χ2n) is 29.5. The van der Waals surface area contributed by atoms with E-state index in [1.807, 2.05) is 152 Å². The van der Waals surface area contributed by atoms with Crippen LogP contribution in [0, 0.1) is 82.9 Å². The lowest BCUT2D eigenvalue weighted by Gasteiger charge is -2.49. The second-order valence-corrected chi connectivity index (χ2v) is 29.5. The van der Waals surface area contributed by atoms with E-state index in [1.54, 1.807) is 38.5 Å². The molecule has 14 bridgehead atoms. The van der Waals surface area contributed by atoms with Gasteiger partial charge in [0.1, 0.15) is 29.6 Å². The molecule has 0 N–H and O–H groups in total. The fourth-order valence-corrected chi connectivity index (χ4v) is 18.4. The highest BCUT2D eigenvalue weighted by Gasteiger charge is 2.56. The van der Waals surface area contributed by atoms with Crippen LogP contribution in [0.5, 0.6) is 0 Å². The Morgan fingerprint density at radius 1 is 0.259 bits per heavy atom. The lowest BCUT2D eigenvalue weighted by Crippen LogP contribution is -2.45. The minimum absolute atomic E-state index is 0.0359. The number of Topliss-reactive ketones (excluding diaryl/α,β-unsaturated/α-hetero) is 3. The SMILES string of the molecule is C1C2CC3CC1CC(C2)C3.C1CCCOCC1.C1CCOC1.C1CCOCC1.CC.CC.CC.CC.CC.CC.CC.CC.CC.CC.CC.O=C1C2CC3CC(C2)CC1C3.O=C1CC2CCC1C2.O=C1CCCCC1.O=C1CCCCO1.O=C1CCCO1.O=C1OC2CC3CC1C2C3.O=C1OC2CCCC1C2. The van der Waals surface area contributed by atoms with Crippen LogP contribution >= 0.6 is 0 Å². The average molecular weight is 1530 g/mol. The predicted octanol–water partition coefficient (Wildman–Crippen LogP) is 25.7. The summed E-state index contributed by atoms with van der Waals surface area (Å²) in [5.41, 5.74) is 0. The lowest BCUT2D eigenvalue weighted by molar-refractivity contribution is -0.147. The molecule has 640 valence electrons. The molecule has 7 heterocycles. The number of rotatable bonds is 0. The zero-order valence-corrected chi connectivity index (χ0v) is 75.1. The van der Waals surface area contributed by atoms with Crippen molar-refractivity contribution in [2.45, 2.75) is 428 Å². The zero-order chi connectivity index (χ0) is 81.9. The van der Waals surface area contributed by atoms with E-state index in [-0.39, 0.29) is 35.9 Å². The molecule has 0 aromatic heterocycles. The van der Waals surface area contributed by atoms with Gasteiger partial charge in [-0.1, -0.05) is 172 Å². The van der Waals surface area contributed by atoms with Crippen LogP contribution in [-0.2, 0) is 66.7 Å². The van der Waals surface area contributed by atoms with Gasteiger partial charge >= 0.3 is 23.9 Å². The summed E-state index contributed by atoms with van der Waals surface area (Å²) in [5, 5.41) is 0. The molecule has 14 aliphatic carbocycles. The largest absolute Gasteiger partial charge is 0.466 e. The van der Waals surface area contributed by atoms with E-state index in [0.29, 0.717) is 79.1 Å². The van der Waals surface area contributed by atoms with Crippen molar-refractivity contribution in [3.8, 4) is 0 Å². The van der Waals surface area contributed by atoms with Crippen molar-refractivity contribution >= 4 is 41.2 Å². The molecule has 14 nitrogen and oxygen atoms in total. The number of ether oxygens (including phenoxy) is 7. The number of hydrogen-bond donors (Lipinski definition) is 0. The molecule has 0 radical (unpaired) electrons. The highest BCUT2D eigenvalue weighted by molar-refractivity contribution is 5.85. The number of carbonyl (C=O) groups excluding carboxylic acids is 7. The van der Waals surface area contributed by atoms with E-state index < -0.39 is 0 Å². The van der Waals surface area contributed by atoms with Gasteiger partial charge in [0, 0.05) is 95.4 Å². The zero-order valence-electron chi connectivity index (χ0n) is 75.1. The first-order chi connectivity index (χ1) is 53.0. The number of ketones is 3. The maximum atomic E-state index is 11.6. The van der Waals surface area contributed by atoms with Gasteiger partial charge in [0.2, 0.25) is 0 Å². The standard InChI is InChI=1S/C10H14O.C10H16.C8H10O2.C7H10O2.C7H10O.C6H12O.C6H10O.C5H8O2.C5H10O.C4H6O2.C4H8O.11C2H6/c11-10-8-2-6-1-7(4-8)5-9(10)3-6;1-7-2-9-4-8(1)5-10(3-7)6-9;9-8-6-2-4-1-5(6)7(3-4)10-8;8-7-5-2-1-3-6(4-5)9-7;8-7-4-5-1-2-6(7)3-5;1-2-4-6-7-5-3-1;7-6-4-2-1-3-5-6;6-5-3-1-2-4-7-5;1-2-4-6-5-3-1;5-4-2-1-3-6-4;1-2-4-5-3-1;11*1-2/h6-9H,1-5H2;7-10H,1-6H2;4-7H,1-3H2;5-6H,1-4H2;5-6H,1-4H2;1-6H2;1-5H2;1-4H2;1-5H2;1-3H2;1-4H2;11*1-2H3. The van der Waals surface area contributed by atoms with Crippen LogP contribution in [0.3, 0.4) is 0 Å². The van der Waals surface area contributed by atoms with Gasteiger partial charge in [-0.2, -0.15) is 0 Å². The molecule has 0 aromatic carbocycles. The van der Waals surface area contributed by atoms with Gasteiger partial charge in [-0.15, -0.1) is 0 Å². The Kier molecular flexibility index (Phi) is 74.5. The fraction of sp³-hybridized carbons (Fsp3) is 0.926. The van der Waals surface area contributed by atoms with Crippen molar-refractivity contribution < 1.29 is 66.7 Å². The smallest absolute Gasteiger partial charge is 0.309 e. The second kappa shape index (κ2) is 73.9. The summed E-state index contributed by atoms with van der Waals surface area (Å²) >= 11 is 0. The predicted molar refractivity (Wildman–Crippen MR) is 452 cm³/mol. The highest BCUT2D eigenvalue weighted by atomic mass is 16.6. The van der Waals surface area contributed by atoms with E-state index in [4.69, 9.17) is 23.7 Å². The van der Waals surface area contributed by atoms with Gasteiger partial charge in [0.25, 0.3) is 0 Å². The molecule has 21 rings (SSSR count). The van der Waals surface area contributed by atoms with Crippen LogP contribution in [0.4, 0.5) is 0 Å². The van der Waals surface area contributed by atoms with Crippen LogP contribution in [0.15, 0.2) is 0 Å². The molecule has 108 heavy (non-hydrogen) atoms. The first-order valence-electron chi connectivity index (χ1n) is 47.0. The lowest BCUT2D eigenvalue weighted by atomic mass is 9.56. The van der Waals surface area contributed by atoms with Gasteiger partial charge in [0.15, 0.2) is 0 Å². The van der Waals surface area contributed by atoms with Crippen LogP contribution in [-0.4, -0.2) is 106 Å². The Labute approximate surface area is 668 Å². The minimum Gasteiger partial charge on any atom is -0.466 e. The summed E-state index contributed by atoms with van der Waals surface area (Å²) < 4.78 is 34.6. The third kappa shape index (κ3) is 45.6. The van der Waals surface area contributed by atoms with Crippen LogP contribution in [0.1, 0.15) is 416 Å². The summed E-state index contributed by atoms with van der Waals surface area (Å²) in [7, 11) is 0. The van der Waals surface area contributed by atoms with E-state index in [0.717, 1.165) is 147 Å². The van der Waals surface area contributed by atoms with Crippen molar-refractivity contribution in [3.63, 3.8) is 0 Å². The number of fused-ring (bicyclic) bond motifs is 5. The van der Waals surface area contributed by atoms with E-state index >= 15 is 0 Å². The molecule has 7 saturated heterocycles. The molecule has 8 atom stereocenters. The van der Waals surface area contributed by atoms with Gasteiger partial charge in [0.05, 0.1) is 25.0 Å². The Bertz CT molecular complexity index is 1950. The number of esters is 4. The Balaban J connectivity index is -0.00000110. The molecule has 0 amide bonds. The van der Waals surface area contributed by atoms with E-state index in [9.17, 15) is 33.6 Å². The van der Waals surface area contributed by atoms with Crippen LogP contribution < -0.4 is 0 Å². The summed E-state index contributed by atoms with van der Waals surface area (Å²) in [5.74, 6) is 12.6. The third-order valence-electron chi connectivity index (χ3n) is 22.5. The monoisotopic (exact) mass is 1530 g/mol. The molecule has 8 unspecified atom stereocenters. The topological polar surface area (TPSA) is 184 Å². The Hall–Kier alpha value is -3.23. The summed E-state index contributed by atoms with van der Waals surface area (Å²) in [6.45, 7) is 51.3. The molecular weight excluding hydrogens is 1350 g/mol. The number of cyclic esters (lactones) is 2. The van der Waals surface area contributed by atoms with Crippen molar-refractivity contribution in [2.24, 2.45) is 82.9 Å². The molecule has 21 fully saturated rings. The van der Waals surface area contributed by atoms with Crippen molar-refractivity contribution in [2.75, 3.05) is 52.9 Å². The maximum Gasteiger partial charge on any atom is 0.309 e. The normalized spacial score (nSPS) is 31.2. The third-order valence-corrected chi connectivity index (χ3v) is 22.5. The van der Waals surface area contributed by atoms with Gasteiger partial charge < -0.3 is 33.2 Å². The quantitative estimate of drug-likeness (QED) is 0.165. The fourth-order valence-electron chi connectivity index (χ4n) is 18.4. The van der Waals surface area contributed by atoms with Crippen LogP contribution in [0.25, 0.3) is 0 Å². The molecule has 14 heteroatoms. The number of hydrogen-bond acceptors (Lipinski definition) is 14. The van der Waals surface area contributed by atoms with Gasteiger partial charge in [-0.05, 0) is 259 Å². The summed E-state index contributed by atoms with van der Waals surface area (Å²) in [6.07, 6.45) is 50.5. The highest BCUT2D eigenvalue weighted by Crippen LogP contribution is 2.55. The molecular formula is C94H180O14. The Morgan fingerprint density at radius 2 is 0.620 bits per heavy atom. The van der Waals surface area contributed by atoms with Crippen LogP contribution in [0.2, 0.25) is 0 Å². The first kappa shape index (κ1) is 109. The maximum absolute atomic E-state index is 11.6. The summed E-state index contributed by atoms with van der Waals surface area (Å²) in [6, 6.07) is 0. The average Bonchev–Trinajstić information content (AvgIpc) is 1.56. The molecule has 14 saturated carbocycles. The van der Waals surface area contributed by atoms with Crippen molar-refractivity contribution in [1.29, 1.82) is 0 Å². The van der Waals surface area contributed by atoms with Crippen molar-refractivity contribution in [1.82, 2.24) is 0 Å². The molecule has 0 aromatic rings. The van der Waals surface area contributed by atoms with Crippen molar-refractivity contribution in [3.05, 3.63) is 0 Å². The first-order valence-corrected chi connectivity index (χ1v) is 47.0. The van der Waals surface area contributed by atoms with E-state index in [2.05, 4.69) is 9.47 Å². The Morgan fingerprint density at radius 3 is 0.889 bits per heavy atom. The molecule has 7 aliphatic heterocycles.